The Bertz CT molecular complexity index is 998. The SMILES string of the molecule is COc1ccccc1OCCNC(=O)[C@@H]1CN(S(C)(=O)=O)c2cc(Cl)ccc2O1. The first kappa shape index (κ1) is 21.1. The predicted octanol–water partition coefficient (Wildman–Crippen LogP) is 2.07. The Morgan fingerprint density at radius 2 is 2.00 bits per heavy atom. The highest BCUT2D eigenvalue weighted by Gasteiger charge is 2.35. The van der Waals surface area contributed by atoms with Gasteiger partial charge in [0.05, 0.1) is 32.1 Å². The van der Waals surface area contributed by atoms with Crippen LogP contribution in [0.3, 0.4) is 0 Å². The van der Waals surface area contributed by atoms with E-state index in [0.717, 1.165) is 10.6 Å². The van der Waals surface area contributed by atoms with E-state index >= 15 is 0 Å². The molecule has 0 bridgehead atoms. The minimum atomic E-state index is -3.62. The van der Waals surface area contributed by atoms with E-state index in [4.69, 9.17) is 25.8 Å². The van der Waals surface area contributed by atoms with Crippen LogP contribution in [0, 0.1) is 0 Å². The number of methoxy groups -OCH3 is 1. The van der Waals surface area contributed by atoms with Gasteiger partial charge in [-0.25, -0.2) is 8.42 Å². The Hall–Kier alpha value is -2.65. The maximum absolute atomic E-state index is 12.5. The maximum atomic E-state index is 12.5. The number of anilines is 1. The molecule has 0 unspecified atom stereocenters. The number of ether oxygens (including phenoxy) is 3. The van der Waals surface area contributed by atoms with Gasteiger partial charge in [-0.2, -0.15) is 0 Å². The fourth-order valence-electron chi connectivity index (χ4n) is 2.86. The van der Waals surface area contributed by atoms with Crippen molar-refractivity contribution in [1.29, 1.82) is 0 Å². The number of nitrogens with one attached hydrogen (secondary N) is 1. The lowest BCUT2D eigenvalue weighted by atomic mass is 10.2. The number of rotatable bonds is 7. The van der Waals surface area contributed by atoms with Gasteiger partial charge in [-0.15, -0.1) is 0 Å². The van der Waals surface area contributed by atoms with Gasteiger partial charge in [0, 0.05) is 5.02 Å². The van der Waals surface area contributed by atoms with Gasteiger partial charge < -0.3 is 19.5 Å². The summed E-state index contributed by atoms with van der Waals surface area (Å²) in [6.07, 6.45) is 0.0728. The van der Waals surface area contributed by atoms with E-state index in [2.05, 4.69) is 5.32 Å². The van der Waals surface area contributed by atoms with Gasteiger partial charge in [0.1, 0.15) is 12.4 Å². The first-order chi connectivity index (χ1) is 13.8. The summed E-state index contributed by atoms with van der Waals surface area (Å²) in [5.41, 5.74) is 0.309. The van der Waals surface area contributed by atoms with Crippen molar-refractivity contribution in [2.24, 2.45) is 0 Å². The third-order valence-corrected chi connectivity index (χ3v) is 5.59. The molecule has 1 amide bonds. The van der Waals surface area contributed by atoms with Crippen molar-refractivity contribution in [2.45, 2.75) is 6.10 Å². The Morgan fingerprint density at radius 3 is 2.69 bits per heavy atom. The highest BCUT2D eigenvalue weighted by Crippen LogP contribution is 2.37. The normalized spacial score (nSPS) is 15.8. The number of para-hydroxylation sites is 2. The number of carbonyl (C=O) groups is 1. The number of amides is 1. The van der Waals surface area contributed by atoms with Crippen molar-refractivity contribution in [3.8, 4) is 17.2 Å². The van der Waals surface area contributed by atoms with E-state index in [1.165, 1.54) is 6.07 Å². The van der Waals surface area contributed by atoms with Gasteiger partial charge in [0.15, 0.2) is 17.6 Å². The fraction of sp³-hybridized carbons (Fsp3) is 0.316. The summed E-state index contributed by atoms with van der Waals surface area (Å²) in [6.45, 7) is 0.273. The zero-order valence-electron chi connectivity index (χ0n) is 15.9. The molecule has 29 heavy (non-hydrogen) atoms. The Labute approximate surface area is 174 Å². The van der Waals surface area contributed by atoms with Crippen molar-refractivity contribution >= 4 is 33.2 Å². The van der Waals surface area contributed by atoms with Crippen LogP contribution in [0.5, 0.6) is 17.2 Å². The molecule has 3 rings (SSSR count). The van der Waals surface area contributed by atoms with E-state index in [1.54, 1.807) is 31.4 Å². The summed E-state index contributed by atoms with van der Waals surface area (Å²) >= 11 is 5.97. The van der Waals surface area contributed by atoms with Crippen LogP contribution in [-0.4, -0.2) is 53.5 Å². The second kappa shape index (κ2) is 8.79. The maximum Gasteiger partial charge on any atom is 0.263 e. The van der Waals surface area contributed by atoms with Crippen molar-refractivity contribution in [3.05, 3.63) is 47.5 Å². The average Bonchev–Trinajstić information content (AvgIpc) is 2.69. The van der Waals surface area contributed by atoms with Crippen LogP contribution in [0.25, 0.3) is 0 Å². The van der Waals surface area contributed by atoms with Crippen molar-refractivity contribution in [3.63, 3.8) is 0 Å². The highest BCUT2D eigenvalue weighted by molar-refractivity contribution is 7.92. The topological polar surface area (TPSA) is 94.2 Å². The molecule has 0 saturated heterocycles. The van der Waals surface area contributed by atoms with E-state index < -0.39 is 22.0 Å². The van der Waals surface area contributed by atoms with Crippen LogP contribution in [0.1, 0.15) is 0 Å². The molecule has 2 aromatic carbocycles. The van der Waals surface area contributed by atoms with Crippen molar-refractivity contribution in [2.75, 3.05) is 37.4 Å². The molecule has 0 radical (unpaired) electrons. The highest BCUT2D eigenvalue weighted by atomic mass is 35.5. The number of hydrogen-bond acceptors (Lipinski definition) is 6. The van der Waals surface area contributed by atoms with E-state index in [1.807, 2.05) is 12.1 Å². The Balaban J connectivity index is 1.62. The molecule has 1 heterocycles. The standard InChI is InChI=1S/C19H21ClN2O6S/c1-26-16-5-3-4-6-17(16)27-10-9-21-19(23)18-12-22(29(2,24)25)14-11-13(20)7-8-15(14)28-18/h3-8,11,18H,9-10,12H2,1-2H3,(H,21,23)/t18-/m0/s1. The third-order valence-electron chi connectivity index (χ3n) is 4.21. The van der Waals surface area contributed by atoms with E-state index in [9.17, 15) is 13.2 Å². The monoisotopic (exact) mass is 440 g/mol. The summed E-state index contributed by atoms with van der Waals surface area (Å²) in [5, 5.41) is 3.07. The fourth-order valence-corrected chi connectivity index (χ4v) is 3.93. The zero-order valence-corrected chi connectivity index (χ0v) is 17.5. The molecule has 10 heteroatoms. The van der Waals surface area contributed by atoms with Crippen LogP contribution >= 0.6 is 11.6 Å². The van der Waals surface area contributed by atoms with Crippen molar-refractivity contribution in [1.82, 2.24) is 5.32 Å². The molecule has 0 aromatic heterocycles. The molecule has 156 valence electrons. The smallest absolute Gasteiger partial charge is 0.263 e. The molecular weight excluding hydrogens is 420 g/mol. The minimum absolute atomic E-state index is 0.147. The van der Waals surface area contributed by atoms with Gasteiger partial charge >= 0.3 is 0 Å². The third kappa shape index (κ3) is 5.04. The number of benzene rings is 2. The Morgan fingerprint density at radius 1 is 1.28 bits per heavy atom. The van der Waals surface area contributed by atoms with E-state index in [0.29, 0.717) is 22.2 Å². The summed E-state index contributed by atoms with van der Waals surface area (Å²) in [7, 11) is -2.07. The molecule has 0 saturated carbocycles. The zero-order chi connectivity index (χ0) is 21.0. The number of sulfonamides is 1. The second-order valence-electron chi connectivity index (χ2n) is 6.30. The first-order valence-electron chi connectivity index (χ1n) is 8.77. The Kier molecular flexibility index (Phi) is 6.39. The quantitative estimate of drug-likeness (QED) is 0.662. The van der Waals surface area contributed by atoms with Crippen LogP contribution in [0.15, 0.2) is 42.5 Å². The number of fused-ring (bicyclic) bond motifs is 1. The average molecular weight is 441 g/mol. The molecule has 0 aliphatic carbocycles. The number of nitrogens with zero attached hydrogens (tertiary/aromatic N) is 1. The lowest BCUT2D eigenvalue weighted by Crippen LogP contribution is -2.51. The first-order valence-corrected chi connectivity index (χ1v) is 11.0. The molecule has 8 nitrogen and oxygen atoms in total. The van der Waals surface area contributed by atoms with Crippen LogP contribution in [0.2, 0.25) is 5.02 Å². The number of carbonyl (C=O) groups excluding carboxylic acids is 1. The minimum Gasteiger partial charge on any atom is -0.493 e. The van der Waals surface area contributed by atoms with Gasteiger partial charge in [0.25, 0.3) is 5.91 Å². The molecule has 1 N–H and O–H groups in total. The molecule has 1 aliphatic heterocycles. The summed E-state index contributed by atoms with van der Waals surface area (Å²) in [5.74, 6) is 0.986. The summed E-state index contributed by atoms with van der Waals surface area (Å²) in [6, 6.07) is 11.8. The van der Waals surface area contributed by atoms with Crippen LogP contribution in [-0.2, 0) is 14.8 Å². The lowest BCUT2D eigenvalue weighted by Gasteiger charge is -2.34. The van der Waals surface area contributed by atoms with Gasteiger partial charge in [-0.05, 0) is 30.3 Å². The summed E-state index contributed by atoms with van der Waals surface area (Å²) in [4.78, 5) is 12.5. The van der Waals surface area contributed by atoms with Gasteiger partial charge in [-0.3, -0.25) is 9.10 Å². The molecule has 1 atom stereocenters. The number of halogens is 1. The number of hydrogen-bond donors (Lipinski definition) is 1. The van der Waals surface area contributed by atoms with E-state index in [-0.39, 0.29) is 25.4 Å². The van der Waals surface area contributed by atoms with Gasteiger partial charge in [0.2, 0.25) is 10.0 Å². The molecule has 0 spiro atoms. The molecular formula is C19H21ClN2O6S. The second-order valence-corrected chi connectivity index (χ2v) is 8.65. The van der Waals surface area contributed by atoms with Crippen LogP contribution in [0.4, 0.5) is 5.69 Å². The lowest BCUT2D eigenvalue weighted by molar-refractivity contribution is -0.127. The molecule has 1 aliphatic rings. The van der Waals surface area contributed by atoms with Crippen molar-refractivity contribution < 1.29 is 27.4 Å². The predicted molar refractivity (Wildman–Crippen MR) is 110 cm³/mol. The molecule has 2 aromatic rings. The van der Waals surface area contributed by atoms with Gasteiger partial charge in [-0.1, -0.05) is 23.7 Å². The summed E-state index contributed by atoms with van der Waals surface area (Å²) < 4.78 is 42.0. The largest absolute Gasteiger partial charge is 0.493 e. The molecule has 0 fully saturated rings. The van der Waals surface area contributed by atoms with Crippen LogP contribution < -0.4 is 23.8 Å².